The van der Waals surface area contributed by atoms with Gasteiger partial charge in [0, 0.05) is 0 Å². The van der Waals surface area contributed by atoms with Gasteiger partial charge in [-0.25, -0.2) is 20.0 Å². The summed E-state index contributed by atoms with van der Waals surface area (Å²) in [6.07, 6.45) is 7.76. The van der Waals surface area contributed by atoms with Crippen LogP contribution in [0, 0.1) is 23.7 Å². The Morgan fingerprint density at radius 3 is 0.773 bits per heavy atom. The average molecular weight is 1030 g/mol. The van der Waals surface area contributed by atoms with E-state index in [0.29, 0.717) is 73.7 Å². The largest absolute Gasteiger partial charge is 2.00 e. The minimum Gasteiger partial charge on any atom is -0.859 e. The number of rotatable bonds is 8. The van der Waals surface area contributed by atoms with E-state index in [2.05, 4.69) is 99.6 Å². The zero-order chi connectivity index (χ0) is 46.9. The SMILES string of the molecule is CC(C)[C@H]1COC(/C=c2\[n-]/c(=C\C3=N[C@@H](C(C)C)CO3)c3ccccc23)=N1.CC(C)[C@H]1COC(/C=c2\[n-]/c(=C\C3=N[C@@H](C(C)C)CO3)c3ccccc23)=N1.C[Si](C)(C)[O-].C[Si](C)(C)[O-].[Co+2].[Co+2]. The molecule has 8 rings (SSSR count). The van der Waals surface area contributed by atoms with Gasteiger partial charge in [-0.05, 0) is 69.5 Å². The molecular formula is C50H70Co2N6O6Si2. The van der Waals surface area contributed by atoms with E-state index in [1.807, 2.05) is 48.6 Å². The molecule has 0 amide bonds. The average Bonchev–Trinajstić information content (AvgIpc) is 4.06. The summed E-state index contributed by atoms with van der Waals surface area (Å²) in [7, 11) is -3.72. The second kappa shape index (κ2) is 25.0. The van der Waals surface area contributed by atoms with Crippen LogP contribution in [0.15, 0.2) is 68.5 Å². The second-order valence-electron chi connectivity index (χ2n) is 20.0. The third-order valence-electron chi connectivity index (χ3n) is 10.3. The van der Waals surface area contributed by atoms with Crippen molar-refractivity contribution in [1.82, 2.24) is 9.97 Å². The molecule has 4 aromatic rings. The van der Waals surface area contributed by atoms with Crippen molar-refractivity contribution in [3.8, 4) is 0 Å². The maximum absolute atomic E-state index is 10.2. The van der Waals surface area contributed by atoms with E-state index in [1.165, 1.54) is 0 Å². The minimum atomic E-state index is -1.86. The molecule has 362 valence electrons. The van der Waals surface area contributed by atoms with Gasteiger partial charge in [0.15, 0.2) is 0 Å². The standard InChI is InChI=1S/2C22H26N3O2.2C3H9OSi.2Co/c2*1-13(2)19-11-26-21(24-19)9-17-15-7-5-6-8-16(15)18(23-17)10-22-25-20(12-27-22)14(3)4;2*1-5(2,3)4;;/h2*5-10,13-14,19-20H,11-12H2,1-4H3;2*1-3H3;;/q4*-1;2*+2/b2*17-9-,18-10-;;;;/t2*19-,20-;;;;/m11..../s1. The maximum Gasteiger partial charge on any atom is 2.00 e. The number of aromatic nitrogens is 2. The van der Waals surface area contributed by atoms with Gasteiger partial charge in [0.1, 0.15) is 26.4 Å². The van der Waals surface area contributed by atoms with E-state index < -0.39 is 16.6 Å². The van der Waals surface area contributed by atoms with Crippen LogP contribution in [0.25, 0.3) is 45.8 Å². The number of aliphatic imine (C=N–C) groups is 4. The molecule has 2 aromatic carbocycles. The zero-order valence-electron chi connectivity index (χ0n) is 41.2. The van der Waals surface area contributed by atoms with Crippen LogP contribution in [0.3, 0.4) is 0 Å². The van der Waals surface area contributed by atoms with Crippen molar-refractivity contribution in [3.63, 3.8) is 0 Å². The molecule has 0 spiro atoms. The summed E-state index contributed by atoms with van der Waals surface area (Å²) >= 11 is 0. The van der Waals surface area contributed by atoms with Crippen LogP contribution >= 0.6 is 0 Å². The Kier molecular flexibility index (Phi) is 21.5. The predicted molar refractivity (Wildman–Crippen MR) is 266 cm³/mol. The first kappa shape index (κ1) is 56.6. The molecule has 4 aliphatic heterocycles. The van der Waals surface area contributed by atoms with Crippen LogP contribution in [-0.2, 0) is 52.5 Å². The molecule has 0 saturated carbocycles. The molecule has 4 aliphatic rings. The summed E-state index contributed by atoms with van der Waals surface area (Å²) < 4.78 is 23.0. The summed E-state index contributed by atoms with van der Waals surface area (Å²) in [5, 5.41) is 7.84. The smallest absolute Gasteiger partial charge is 0.859 e. The molecule has 0 saturated heterocycles. The van der Waals surface area contributed by atoms with Gasteiger partial charge in [-0.1, -0.05) is 160 Å². The van der Waals surface area contributed by atoms with Crippen LogP contribution in [0.1, 0.15) is 55.4 Å². The zero-order valence-corrected chi connectivity index (χ0v) is 45.3. The van der Waals surface area contributed by atoms with Crippen LogP contribution in [0.5, 0.6) is 0 Å². The Bertz CT molecular complexity index is 2240. The Labute approximate surface area is 414 Å². The maximum atomic E-state index is 10.2. The third kappa shape index (κ3) is 17.4. The first-order chi connectivity index (χ1) is 30.0. The minimum absolute atomic E-state index is 0. The van der Waals surface area contributed by atoms with Gasteiger partial charge in [0.2, 0.25) is 23.6 Å². The van der Waals surface area contributed by atoms with Gasteiger partial charge in [0.05, 0.1) is 24.2 Å². The fourth-order valence-electron chi connectivity index (χ4n) is 6.58. The predicted octanol–water partition coefficient (Wildman–Crippen LogP) is 4.89. The Morgan fingerprint density at radius 2 is 0.621 bits per heavy atom. The van der Waals surface area contributed by atoms with E-state index in [4.69, 9.17) is 28.9 Å². The second-order valence-corrected chi connectivity index (χ2v) is 28.5. The van der Waals surface area contributed by atoms with Gasteiger partial charge in [0.25, 0.3) is 0 Å². The quantitative estimate of drug-likeness (QED) is 0.226. The van der Waals surface area contributed by atoms with Crippen LogP contribution in [0.2, 0.25) is 39.3 Å². The van der Waals surface area contributed by atoms with Crippen molar-refractivity contribution in [2.24, 2.45) is 43.6 Å². The van der Waals surface area contributed by atoms with Gasteiger partial charge in [-0.15, -0.1) is 21.4 Å². The van der Waals surface area contributed by atoms with Crippen LogP contribution in [-0.4, -0.2) is 90.8 Å². The molecule has 16 heteroatoms. The van der Waals surface area contributed by atoms with Gasteiger partial charge >= 0.3 is 33.6 Å². The van der Waals surface area contributed by atoms with Crippen molar-refractivity contribution in [2.75, 3.05) is 26.4 Å². The molecule has 0 bridgehead atoms. The van der Waals surface area contributed by atoms with Crippen molar-refractivity contribution < 1.29 is 62.1 Å². The molecule has 12 nitrogen and oxygen atoms in total. The van der Waals surface area contributed by atoms with Gasteiger partial charge in [-0.2, -0.15) is 0 Å². The molecule has 6 heterocycles. The topological polar surface area (TPSA) is 161 Å². The number of nitrogens with zero attached hydrogens (tertiary/aromatic N) is 6. The first-order valence-corrected chi connectivity index (χ1v) is 29.6. The Morgan fingerprint density at radius 1 is 0.439 bits per heavy atom. The molecule has 0 fully saturated rings. The van der Waals surface area contributed by atoms with Crippen LogP contribution < -0.4 is 41.0 Å². The van der Waals surface area contributed by atoms with E-state index in [9.17, 15) is 9.59 Å². The molecule has 0 N–H and O–H groups in total. The van der Waals surface area contributed by atoms with Crippen molar-refractivity contribution in [2.45, 2.75) is 119 Å². The Hall–Kier alpha value is -3.75. The number of hydrogen-bond acceptors (Lipinski definition) is 10. The van der Waals surface area contributed by atoms with E-state index in [1.54, 1.807) is 39.3 Å². The molecule has 4 atom stereocenters. The van der Waals surface area contributed by atoms with Crippen LogP contribution in [0.4, 0.5) is 0 Å². The van der Waals surface area contributed by atoms with Gasteiger partial charge in [-0.3, -0.25) is 0 Å². The first-order valence-electron chi connectivity index (χ1n) is 22.8. The summed E-state index contributed by atoms with van der Waals surface area (Å²) in [5.41, 5.74) is 0. The number of ether oxygens (including phenoxy) is 4. The number of benzene rings is 2. The van der Waals surface area contributed by atoms with E-state index >= 15 is 0 Å². The normalized spacial score (nSPS) is 21.4. The fourth-order valence-corrected chi connectivity index (χ4v) is 6.58. The number of hydrogen-bond donors (Lipinski definition) is 0. The third-order valence-corrected chi connectivity index (χ3v) is 10.3. The van der Waals surface area contributed by atoms with E-state index in [-0.39, 0.29) is 57.7 Å². The number of fused-ring (bicyclic) bond motifs is 2. The summed E-state index contributed by atoms with van der Waals surface area (Å²) in [6, 6.07) is 17.3. The fraction of sp³-hybridized carbons (Fsp3) is 0.520. The Balaban J connectivity index is 0.000000284. The molecule has 0 unspecified atom stereocenters. The monoisotopic (exact) mass is 1020 g/mol. The molecule has 2 aromatic heterocycles. The van der Waals surface area contributed by atoms with E-state index in [0.717, 1.165) is 42.9 Å². The summed E-state index contributed by atoms with van der Waals surface area (Å²) in [4.78, 5) is 48.8. The van der Waals surface area contributed by atoms with Crippen molar-refractivity contribution in [1.29, 1.82) is 0 Å². The molecule has 0 aliphatic carbocycles. The van der Waals surface area contributed by atoms with Gasteiger partial charge < -0.3 is 38.5 Å². The molecule has 2 radical (unpaired) electrons. The molecule has 66 heavy (non-hydrogen) atoms. The van der Waals surface area contributed by atoms with Crippen molar-refractivity contribution >= 4 is 86.1 Å². The summed E-state index contributed by atoms with van der Waals surface area (Å²) in [5.74, 6) is 4.53. The van der Waals surface area contributed by atoms with Crippen molar-refractivity contribution in [3.05, 3.63) is 69.9 Å². The molecular weight excluding hydrogens is 955 g/mol. The summed E-state index contributed by atoms with van der Waals surface area (Å²) in [6.45, 7) is 30.5.